The molecule has 1 fully saturated rings. The molecule has 1 saturated heterocycles. The van der Waals surface area contributed by atoms with Crippen molar-refractivity contribution in [3.05, 3.63) is 10.6 Å². The number of esters is 1. The van der Waals surface area contributed by atoms with Gasteiger partial charge < -0.3 is 9.64 Å². The van der Waals surface area contributed by atoms with Crippen molar-refractivity contribution in [2.24, 2.45) is 5.92 Å². The summed E-state index contributed by atoms with van der Waals surface area (Å²) in [6, 6.07) is 0. The fraction of sp³-hybridized carbons (Fsp3) is 0.667. The Kier molecular flexibility index (Phi) is 4.47. The maximum atomic E-state index is 12.3. The number of hydrogen-bond donors (Lipinski definition) is 0. The molecule has 1 aromatic rings. The molecule has 1 aliphatic heterocycles. The van der Waals surface area contributed by atoms with Crippen molar-refractivity contribution in [2.45, 2.75) is 26.7 Å². The number of hydrogen-bond acceptors (Lipinski definition) is 6. The van der Waals surface area contributed by atoms with Crippen molar-refractivity contribution < 1.29 is 14.3 Å². The number of carbonyl (C=O) groups is 2. The van der Waals surface area contributed by atoms with Crippen molar-refractivity contribution in [3.63, 3.8) is 0 Å². The standard InChI is InChI=1S/C12H17N3O3S/c1-3-18-12(17)9-5-4-6-15(7-9)11(16)10-8(2)13-14-19-10/h9H,3-7H2,1-2H3. The van der Waals surface area contributed by atoms with Crippen LogP contribution in [0.25, 0.3) is 0 Å². The van der Waals surface area contributed by atoms with Crippen LogP contribution in [0.3, 0.4) is 0 Å². The number of rotatable bonds is 3. The number of piperidine rings is 1. The molecule has 0 aromatic carbocycles. The van der Waals surface area contributed by atoms with E-state index in [1.807, 2.05) is 0 Å². The van der Waals surface area contributed by atoms with Crippen LogP contribution in [0.5, 0.6) is 0 Å². The molecule has 1 aromatic heterocycles. The summed E-state index contributed by atoms with van der Waals surface area (Å²) in [6.45, 7) is 5.03. The van der Waals surface area contributed by atoms with Crippen LogP contribution in [0, 0.1) is 12.8 Å². The maximum absolute atomic E-state index is 12.3. The first-order valence-electron chi connectivity index (χ1n) is 6.38. The van der Waals surface area contributed by atoms with Crippen LogP contribution in [0.15, 0.2) is 0 Å². The number of aryl methyl sites for hydroxylation is 1. The molecule has 0 radical (unpaired) electrons. The molecular weight excluding hydrogens is 266 g/mol. The number of aromatic nitrogens is 2. The molecule has 0 bridgehead atoms. The molecule has 0 saturated carbocycles. The number of nitrogens with zero attached hydrogens (tertiary/aromatic N) is 3. The molecule has 0 N–H and O–H groups in total. The SMILES string of the molecule is CCOC(=O)C1CCCN(C(=O)c2snnc2C)C1. The van der Waals surface area contributed by atoms with Gasteiger partial charge in [-0.25, -0.2) is 0 Å². The lowest BCUT2D eigenvalue weighted by molar-refractivity contribution is -0.149. The van der Waals surface area contributed by atoms with Crippen molar-refractivity contribution >= 4 is 23.4 Å². The van der Waals surface area contributed by atoms with Gasteiger partial charge in [0.25, 0.3) is 5.91 Å². The highest BCUT2D eigenvalue weighted by molar-refractivity contribution is 7.07. The second-order valence-electron chi connectivity index (χ2n) is 4.53. The van der Waals surface area contributed by atoms with Crippen LogP contribution in [0.1, 0.15) is 35.1 Å². The zero-order valence-electron chi connectivity index (χ0n) is 11.1. The molecule has 7 heteroatoms. The van der Waals surface area contributed by atoms with E-state index in [0.717, 1.165) is 24.4 Å². The first-order valence-corrected chi connectivity index (χ1v) is 7.15. The van der Waals surface area contributed by atoms with Gasteiger partial charge in [0.1, 0.15) is 4.88 Å². The normalized spacial score (nSPS) is 19.3. The number of carbonyl (C=O) groups excluding carboxylic acids is 2. The molecule has 104 valence electrons. The fourth-order valence-corrected chi connectivity index (χ4v) is 2.81. The monoisotopic (exact) mass is 283 g/mol. The molecule has 0 aliphatic carbocycles. The van der Waals surface area contributed by atoms with Crippen LogP contribution in [-0.4, -0.2) is 46.1 Å². The third-order valence-corrected chi connectivity index (χ3v) is 3.99. The van der Waals surface area contributed by atoms with Crippen molar-refractivity contribution in [3.8, 4) is 0 Å². The van der Waals surface area contributed by atoms with Gasteiger partial charge in [-0.3, -0.25) is 9.59 Å². The van der Waals surface area contributed by atoms with Crippen molar-refractivity contribution in [2.75, 3.05) is 19.7 Å². The molecular formula is C12H17N3O3S. The van der Waals surface area contributed by atoms with E-state index in [9.17, 15) is 9.59 Å². The highest BCUT2D eigenvalue weighted by Crippen LogP contribution is 2.21. The average molecular weight is 283 g/mol. The zero-order valence-corrected chi connectivity index (χ0v) is 11.9. The minimum Gasteiger partial charge on any atom is -0.466 e. The van der Waals surface area contributed by atoms with Gasteiger partial charge in [-0.15, -0.1) is 5.10 Å². The molecule has 2 rings (SSSR count). The van der Waals surface area contributed by atoms with Gasteiger partial charge in [0.05, 0.1) is 18.2 Å². The Morgan fingerprint density at radius 2 is 2.32 bits per heavy atom. The van der Waals surface area contributed by atoms with E-state index in [4.69, 9.17) is 4.74 Å². The minimum atomic E-state index is -0.209. The van der Waals surface area contributed by atoms with Crippen LogP contribution < -0.4 is 0 Å². The predicted molar refractivity (Wildman–Crippen MR) is 69.9 cm³/mol. The van der Waals surface area contributed by atoms with Gasteiger partial charge in [0.2, 0.25) is 0 Å². The summed E-state index contributed by atoms with van der Waals surface area (Å²) in [7, 11) is 0. The molecule has 6 nitrogen and oxygen atoms in total. The largest absolute Gasteiger partial charge is 0.466 e. The Morgan fingerprint density at radius 3 is 2.95 bits per heavy atom. The van der Waals surface area contributed by atoms with Gasteiger partial charge in [0.15, 0.2) is 0 Å². The van der Waals surface area contributed by atoms with Crippen LogP contribution in [-0.2, 0) is 9.53 Å². The van der Waals surface area contributed by atoms with Gasteiger partial charge in [-0.2, -0.15) is 0 Å². The van der Waals surface area contributed by atoms with E-state index in [-0.39, 0.29) is 17.8 Å². The summed E-state index contributed by atoms with van der Waals surface area (Å²) >= 11 is 1.10. The first-order chi connectivity index (χ1) is 9.13. The lowest BCUT2D eigenvalue weighted by atomic mass is 9.98. The Balaban J connectivity index is 2.03. The quantitative estimate of drug-likeness (QED) is 0.781. The molecule has 1 atom stereocenters. The lowest BCUT2D eigenvalue weighted by Gasteiger charge is -2.31. The van der Waals surface area contributed by atoms with E-state index in [0.29, 0.717) is 30.3 Å². The molecule has 1 aliphatic rings. The fourth-order valence-electron chi connectivity index (χ4n) is 2.19. The maximum Gasteiger partial charge on any atom is 0.310 e. The van der Waals surface area contributed by atoms with E-state index in [1.165, 1.54) is 0 Å². The number of amides is 1. The summed E-state index contributed by atoms with van der Waals surface area (Å²) in [5.41, 5.74) is 0.647. The van der Waals surface area contributed by atoms with E-state index < -0.39 is 0 Å². The third kappa shape index (κ3) is 3.09. The third-order valence-electron chi connectivity index (χ3n) is 3.17. The van der Waals surface area contributed by atoms with E-state index in [1.54, 1.807) is 18.7 Å². The highest BCUT2D eigenvalue weighted by atomic mass is 32.1. The first kappa shape index (κ1) is 13.9. The Labute approximate surface area is 115 Å². The molecule has 19 heavy (non-hydrogen) atoms. The van der Waals surface area contributed by atoms with Gasteiger partial charge in [-0.1, -0.05) is 4.49 Å². The lowest BCUT2D eigenvalue weighted by Crippen LogP contribution is -2.42. The van der Waals surface area contributed by atoms with Gasteiger partial charge >= 0.3 is 5.97 Å². The Morgan fingerprint density at radius 1 is 1.53 bits per heavy atom. The second kappa shape index (κ2) is 6.10. The van der Waals surface area contributed by atoms with Crippen molar-refractivity contribution in [1.29, 1.82) is 0 Å². The smallest absolute Gasteiger partial charge is 0.310 e. The molecule has 2 heterocycles. The topological polar surface area (TPSA) is 72.4 Å². The predicted octanol–water partition coefficient (Wildman–Crippen LogP) is 1.26. The minimum absolute atomic E-state index is 0.0819. The summed E-state index contributed by atoms with van der Waals surface area (Å²) in [5, 5.41) is 3.85. The Hall–Kier alpha value is -1.50. The van der Waals surface area contributed by atoms with Crippen LogP contribution in [0.2, 0.25) is 0 Å². The molecule has 1 amide bonds. The Bertz CT molecular complexity index is 475. The van der Waals surface area contributed by atoms with Crippen LogP contribution >= 0.6 is 11.5 Å². The number of likely N-dealkylation sites (tertiary alicyclic amines) is 1. The van der Waals surface area contributed by atoms with Gasteiger partial charge in [-0.05, 0) is 38.2 Å². The van der Waals surface area contributed by atoms with Crippen molar-refractivity contribution in [1.82, 2.24) is 14.5 Å². The summed E-state index contributed by atoms with van der Waals surface area (Å²) < 4.78 is 8.80. The van der Waals surface area contributed by atoms with Gasteiger partial charge in [0, 0.05) is 13.1 Å². The zero-order chi connectivity index (χ0) is 13.8. The summed E-state index contributed by atoms with van der Waals surface area (Å²) in [6.07, 6.45) is 1.60. The molecule has 0 spiro atoms. The summed E-state index contributed by atoms with van der Waals surface area (Å²) in [5.74, 6) is -0.500. The average Bonchev–Trinajstić information content (AvgIpc) is 2.84. The van der Waals surface area contributed by atoms with Crippen LogP contribution in [0.4, 0.5) is 0 Å². The van der Waals surface area contributed by atoms with E-state index in [2.05, 4.69) is 9.59 Å². The highest BCUT2D eigenvalue weighted by Gasteiger charge is 2.31. The molecule has 1 unspecified atom stereocenters. The van der Waals surface area contributed by atoms with E-state index >= 15 is 0 Å². The summed E-state index contributed by atoms with van der Waals surface area (Å²) in [4.78, 5) is 26.3. The second-order valence-corrected chi connectivity index (χ2v) is 5.28. The number of ether oxygens (including phenoxy) is 1.